The summed E-state index contributed by atoms with van der Waals surface area (Å²) in [5.41, 5.74) is 3.25. The van der Waals surface area contributed by atoms with E-state index in [1.807, 2.05) is 47.1 Å². The van der Waals surface area contributed by atoms with Crippen LogP contribution in [0.5, 0.6) is 0 Å². The van der Waals surface area contributed by atoms with E-state index in [0.29, 0.717) is 5.56 Å². The smallest absolute Gasteiger partial charge is 0.338 e. The molecule has 1 saturated heterocycles. The maximum absolute atomic E-state index is 12.4. The second kappa shape index (κ2) is 6.69. The Morgan fingerprint density at radius 1 is 1.16 bits per heavy atom. The van der Waals surface area contributed by atoms with Gasteiger partial charge in [-0.05, 0) is 32.0 Å². The van der Waals surface area contributed by atoms with Gasteiger partial charge in [0.05, 0.1) is 11.3 Å². The standard InChI is InChI=1S/C20H21N3O2/c1-22-10-8-17(9-11-22)25-20(24)16-7-12-23-14-18(21-19(23)13-16)15-5-3-2-4-6-15/h2-7,12-14,17H,8-11H2,1H3. The Morgan fingerprint density at radius 2 is 1.92 bits per heavy atom. The number of piperidine rings is 1. The fourth-order valence-corrected chi connectivity index (χ4v) is 3.18. The van der Waals surface area contributed by atoms with Gasteiger partial charge in [0.2, 0.25) is 0 Å². The fraction of sp³-hybridized carbons (Fsp3) is 0.300. The Kier molecular flexibility index (Phi) is 4.24. The maximum atomic E-state index is 12.4. The van der Waals surface area contributed by atoms with Crippen molar-refractivity contribution in [3.05, 3.63) is 60.4 Å². The molecule has 0 saturated carbocycles. The van der Waals surface area contributed by atoms with Crippen LogP contribution >= 0.6 is 0 Å². The zero-order chi connectivity index (χ0) is 17.2. The molecule has 128 valence electrons. The summed E-state index contributed by atoms with van der Waals surface area (Å²) in [5, 5.41) is 0. The van der Waals surface area contributed by atoms with Crippen LogP contribution in [0.25, 0.3) is 16.9 Å². The summed E-state index contributed by atoms with van der Waals surface area (Å²) < 4.78 is 7.59. The fourth-order valence-electron chi connectivity index (χ4n) is 3.18. The van der Waals surface area contributed by atoms with Gasteiger partial charge >= 0.3 is 5.97 Å². The molecule has 3 heterocycles. The zero-order valence-electron chi connectivity index (χ0n) is 14.3. The molecule has 2 aromatic heterocycles. The largest absolute Gasteiger partial charge is 0.459 e. The van der Waals surface area contributed by atoms with Crippen molar-refractivity contribution in [2.24, 2.45) is 0 Å². The van der Waals surface area contributed by atoms with E-state index in [-0.39, 0.29) is 12.1 Å². The van der Waals surface area contributed by atoms with E-state index in [9.17, 15) is 4.79 Å². The third-order valence-electron chi connectivity index (χ3n) is 4.70. The Bertz CT molecular complexity index is 880. The monoisotopic (exact) mass is 335 g/mol. The number of likely N-dealkylation sites (tertiary alicyclic amines) is 1. The second-order valence-corrected chi connectivity index (χ2v) is 6.58. The predicted molar refractivity (Wildman–Crippen MR) is 96.6 cm³/mol. The van der Waals surface area contributed by atoms with E-state index in [1.165, 1.54) is 0 Å². The molecule has 0 N–H and O–H groups in total. The molecule has 0 spiro atoms. The highest BCUT2D eigenvalue weighted by Crippen LogP contribution is 2.20. The minimum atomic E-state index is -0.263. The minimum Gasteiger partial charge on any atom is -0.459 e. The van der Waals surface area contributed by atoms with Gasteiger partial charge in [0.1, 0.15) is 11.8 Å². The first-order valence-corrected chi connectivity index (χ1v) is 8.63. The van der Waals surface area contributed by atoms with E-state index in [0.717, 1.165) is 42.8 Å². The van der Waals surface area contributed by atoms with Crippen molar-refractivity contribution in [1.82, 2.24) is 14.3 Å². The minimum absolute atomic E-state index is 0.0135. The quantitative estimate of drug-likeness (QED) is 0.689. The Labute approximate surface area is 146 Å². The van der Waals surface area contributed by atoms with Gasteiger partial charge < -0.3 is 14.0 Å². The summed E-state index contributed by atoms with van der Waals surface area (Å²) in [5.74, 6) is -0.263. The normalized spacial score (nSPS) is 16.2. The number of nitrogens with zero attached hydrogens (tertiary/aromatic N) is 3. The Balaban J connectivity index is 1.53. The van der Waals surface area contributed by atoms with Gasteiger partial charge in [0.15, 0.2) is 0 Å². The van der Waals surface area contributed by atoms with E-state index in [4.69, 9.17) is 4.74 Å². The number of hydrogen-bond acceptors (Lipinski definition) is 4. The summed E-state index contributed by atoms with van der Waals surface area (Å²) in [6.07, 6.45) is 5.63. The third kappa shape index (κ3) is 3.42. The van der Waals surface area contributed by atoms with Crippen LogP contribution in [0.15, 0.2) is 54.9 Å². The molecule has 1 aliphatic rings. The molecule has 0 amide bonds. The SMILES string of the molecule is CN1CCC(OC(=O)c2ccn3cc(-c4ccccc4)nc3c2)CC1. The molecule has 5 nitrogen and oxygen atoms in total. The highest BCUT2D eigenvalue weighted by atomic mass is 16.5. The molecule has 0 bridgehead atoms. The number of hydrogen-bond donors (Lipinski definition) is 0. The van der Waals surface area contributed by atoms with Gasteiger partial charge in [0.25, 0.3) is 0 Å². The number of aromatic nitrogens is 2. The summed E-state index contributed by atoms with van der Waals surface area (Å²) in [6, 6.07) is 13.6. The van der Waals surface area contributed by atoms with Crippen LogP contribution in [0.1, 0.15) is 23.2 Å². The topological polar surface area (TPSA) is 46.8 Å². The van der Waals surface area contributed by atoms with Crippen LogP contribution in [0, 0.1) is 0 Å². The van der Waals surface area contributed by atoms with Crippen molar-refractivity contribution in [2.45, 2.75) is 18.9 Å². The molecular weight excluding hydrogens is 314 g/mol. The van der Waals surface area contributed by atoms with Gasteiger partial charge in [-0.25, -0.2) is 9.78 Å². The highest BCUT2D eigenvalue weighted by Gasteiger charge is 2.21. The number of benzene rings is 1. The summed E-state index contributed by atoms with van der Waals surface area (Å²) in [7, 11) is 2.09. The van der Waals surface area contributed by atoms with Gasteiger partial charge in [-0.2, -0.15) is 0 Å². The van der Waals surface area contributed by atoms with E-state index >= 15 is 0 Å². The van der Waals surface area contributed by atoms with Crippen LogP contribution in [-0.4, -0.2) is 46.5 Å². The molecule has 1 aromatic carbocycles. The van der Waals surface area contributed by atoms with Crippen molar-refractivity contribution in [2.75, 3.05) is 20.1 Å². The number of rotatable bonds is 3. The maximum Gasteiger partial charge on any atom is 0.338 e. The lowest BCUT2D eigenvalue weighted by Crippen LogP contribution is -2.35. The first-order chi connectivity index (χ1) is 12.2. The zero-order valence-corrected chi connectivity index (χ0v) is 14.3. The molecule has 0 unspecified atom stereocenters. The van der Waals surface area contributed by atoms with Crippen molar-refractivity contribution >= 4 is 11.6 Å². The number of esters is 1. The lowest BCUT2D eigenvalue weighted by Gasteiger charge is -2.28. The van der Waals surface area contributed by atoms with Crippen molar-refractivity contribution < 1.29 is 9.53 Å². The highest BCUT2D eigenvalue weighted by molar-refractivity contribution is 5.90. The first-order valence-electron chi connectivity index (χ1n) is 8.63. The number of ether oxygens (including phenoxy) is 1. The van der Waals surface area contributed by atoms with E-state index < -0.39 is 0 Å². The Morgan fingerprint density at radius 3 is 2.68 bits per heavy atom. The van der Waals surface area contributed by atoms with Crippen LogP contribution in [0.2, 0.25) is 0 Å². The van der Waals surface area contributed by atoms with Crippen molar-refractivity contribution in [3.8, 4) is 11.3 Å². The third-order valence-corrected chi connectivity index (χ3v) is 4.70. The summed E-state index contributed by atoms with van der Waals surface area (Å²) in [6.45, 7) is 1.94. The average molecular weight is 335 g/mol. The Hall–Kier alpha value is -2.66. The molecule has 25 heavy (non-hydrogen) atoms. The lowest BCUT2D eigenvalue weighted by molar-refractivity contribution is 0.0139. The van der Waals surface area contributed by atoms with Gasteiger partial charge in [-0.15, -0.1) is 0 Å². The van der Waals surface area contributed by atoms with Crippen LogP contribution < -0.4 is 0 Å². The van der Waals surface area contributed by atoms with Crippen LogP contribution in [0.4, 0.5) is 0 Å². The van der Waals surface area contributed by atoms with Crippen molar-refractivity contribution in [3.63, 3.8) is 0 Å². The van der Waals surface area contributed by atoms with Crippen LogP contribution in [0.3, 0.4) is 0 Å². The average Bonchev–Trinajstić information content (AvgIpc) is 3.07. The number of fused-ring (bicyclic) bond motifs is 1. The predicted octanol–water partition coefficient (Wildman–Crippen LogP) is 3.25. The lowest BCUT2D eigenvalue weighted by atomic mass is 10.1. The van der Waals surface area contributed by atoms with Gasteiger partial charge in [-0.1, -0.05) is 30.3 Å². The molecule has 4 rings (SSSR count). The van der Waals surface area contributed by atoms with E-state index in [2.05, 4.69) is 16.9 Å². The molecule has 5 heteroatoms. The van der Waals surface area contributed by atoms with Crippen molar-refractivity contribution in [1.29, 1.82) is 0 Å². The first kappa shape index (κ1) is 15.8. The number of carbonyl (C=O) groups is 1. The molecular formula is C20H21N3O2. The molecule has 3 aromatic rings. The van der Waals surface area contributed by atoms with Gasteiger partial charge in [0, 0.05) is 31.0 Å². The second-order valence-electron chi connectivity index (χ2n) is 6.58. The summed E-state index contributed by atoms with van der Waals surface area (Å²) in [4.78, 5) is 19.3. The van der Waals surface area contributed by atoms with E-state index in [1.54, 1.807) is 12.1 Å². The summed E-state index contributed by atoms with van der Waals surface area (Å²) >= 11 is 0. The molecule has 0 radical (unpaired) electrons. The molecule has 0 aliphatic carbocycles. The number of pyridine rings is 1. The molecule has 1 aliphatic heterocycles. The molecule has 1 fully saturated rings. The molecule has 0 atom stereocenters. The van der Waals surface area contributed by atoms with Crippen LogP contribution in [-0.2, 0) is 4.74 Å². The number of carbonyl (C=O) groups excluding carboxylic acids is 1. The number of imidazole rings is 1. The van der Waals surface area contributed by atoms with Gasteiger partial charge in [-0.3, -0.25) is 0 Å².